The second-order valence-electron chi connectivity index (χ2n) is 7.18. The summed E-state index contributed by atoms with van der Waals surface area (Å²) < 4.78 is 0. The molecule has 0 radical (unpaired) electrons. The third-order valence-electron chi connectivity index (χ3n) is 5.32. The highest BCUT2D eigenvalue weighted by Gasteiger charge is 2.14. The molecular weight excluding hydrogens is 314 g/mol. The standard InChI is InChI=1S/C25H29N/c1-19-14-15-24(18-20(19)2)21(3)26-17-16-25(22-10-6-4-7-11-22)23-12-8-5-9-13-23/h4-15,18,21,25-26H,16-17H2,1-3H3. The van der Waals surface area contributed by atoms with Gasteiger partial charge in [0.15, 0.2) is 0 Å². The Morgan fingerprint density at radius 3 is 1.81 bits per heavy atom. The van der Waals surface area contributed by atoms with Gasteiger partial charge >= 0.3 is 0 Å². The van der Waals surface area contributed by atoms with E-state index in [1.807, 2.05) is 0 Å². The van der Waals surface area contributed by atoms with Crippen LogP contribution in [0.4, 0.5) is 0 Å². The molecule has 3 rings (SSSR count). The first kappa shape index (κ1) is 18.4. The van der Waals surface area contributed by atoms with Gasteiger partial charge in [0.05, 0.1) is 0 Å². The van der Waals surface area contributed by atoms with Gasteiger partial charge in [-0.1, -0.05) is 78.9 Å². The van der Waals surface area contributed by atoms with Gasteiger partial charge in [-0.3, -0.25) is 0 Å². The van der Waals surface area contributed by atoms with Crippen molar-refractivity contribution in [1.29, 1.82) is 0 Å². The zero-order valence-electron chi connectivity index (χ0n) is 16.1. The molecule has 0 bridgehead atoms. The summed E-state index contributed by atoms with van der Waals surface area (Å²) in [5, 5.41) is 3.72. The van der Waals surface area contributed by atoms with Gasteiger partial charge in [0.2, 0.25) is 0 Å². The minimum Gasteiger partial charge on any atom is -0.310 e. The molecule has 26 heavy (non-hydrogen) atoms. The summed E-state index contributed by atoms with van der Waals surface area (Å²) in [6, 6.07) is 28.8. The zero-order valence-corrected chi connectivity index (χ0v) is 16.1. The molecule has 0 aliphatic carbocycles. The van der Waals surface area contributed by atoms with Crippen molar-refractivity contribution in [1.82, 2.24) is 5.32 Å². The van der Waals surface area contributed by atoms with Crippen LogP contribution in [0.25, 0.3) is 0 Å². The fraction of sp³-hybridized carbons (Fsp3) is 0.280. The number of hydrogen-bond acceptors (Lipinski definition) is 1. The molecule has 134 valence electrons. The summed E-state index contributed by atoms with van der Waals surface area (Å²) in [7, 11) is 0. The molecule has 0 fully saturated rings. The lowest BCUT2D eigenvalue weighted by Crippen LogP contribution is -2.22. The summed E-state index contributed by atoms with van der Waals surface area (Å²) in [5.74, 6) is 0.428. The van der Waals surface area contributed by atoms with Crippen LogP contribution in [0.1, 0.15) is 53.1 Å². The van der Waals surface area contributed by atoms with Crippen molar-refractivity contribution in [2.75, 3.05) is 6.54 Å². The second-order valence-corrected chi connectivity index (χ2v) is 7.18. The van der Waals surface area contributed by atoms with E-state index in [-0.39, 0.29) is 0 Å². The van der Waals surface area contributed by atoms with E-state index >= 15 is 0 Å². The van der Waals surface area contributed by atoms with Crippen molar-refractivity contribution in [3.63, 3.8) is 0 Å². The Kier molecular flexibility index (Phi) is 6.25. The van der Waals surface area contributed by atoms with Crippen LogP contribution >= 0.6 is 0 Å². The van der Waals surface area contributed by atoms with Crippen LogP contribution in [0, 0.1) is 13.8 Å². The van der Waals surface area contributed by atoms with Crippen molar-refractivity contribution < 1.29 is 0 Å². The summed E-state index contributed by atoms with van der Waals surface area (Å²) in [6.45, 7) is 7.60. The van der Waals surface area contributed by atoms with Gasteiger partial charge in [-0.15, -0.1) is 0 Å². The Balaban J connectivity index is 1.67. The number of hydrogen-bond donors (Lipinski definition) is 1. The van der Waals surface area contributed by atoms with Crippen molar-refractivity contribution in [2.45, 2.75) is 39.2 Å². The Morgan fingerprint density at radius 2 is 1.27 bits per heavy atom. The lowest BCUT2D eigenvalue weighted by atomic mass is 9.88. The maximum atomic E-state index is 3.72. The molecule has 0 aromatic heterocycles. The zero-order chi connectivity index (χ0) is 18.4. The first-order valence-electron chi connectivity index (χ1n) is 9.55. The van der Waals surface area contributed by atoms with Crippen LogP contribution in [0.15, 0.2) is 78.9 Å². The lowest BCUT2D eigenvalue weighted by Gasteiger charge is -2.21. The average Bonchev–Trinajstić information content (AvgIpc) is 2.68. The van der Waals surface area contributed by atoms with Crippen molar-refractivity contribution >= 4 is 0 Å². The fourth-order valence-electron chi connectivity index (χ4n) is 3.49. The topological polar surface area (TPSA) is 12.0 Å². The molecule has 0 saturated heterocycles. The Bertz CT molecular complexity index is 769. The average molecular weight is 344 g/mol. The Morgan fingerprint density at radius 1 is 0.692 bits per heavy atom. The second kappa shape index (κ2) is 8.82. The first-order valence-corrected chi connectivity index (χ1v) is 9.55. The first-order chi connectivity index (χ1) is 12.6. The van der Waals surface area contributed by atoms with Gasteiger partial charge in [-0.2, -0.15) is 0 Å². The normalized spacial score (nSPS) is 12.3. The van der Waals surface area contributed by atoms with E-state index < -0.39 is 0 Å². The Hall–Kier alpha value is -2.38. The summed E-state index contributed by atoms with van der Waals surface area (Å²) in [6.07, 6.45) is 1.09. The van der Waals surface area contributed by atoms with Crippen LogP contribution in [0.2, 0.25) is 0 Å². The van der Waals surface area contributed by atoms with E-state index in [0.29, 0.717) is 12.0 Å². The molecule has 1 N–H and O–H groups in total. The fourth-order valence-corrected chi connectivity index (χ4v) is 3.49. The van der Waals surface area contributed by atoms with Crippen molar-refractivity contribution in [2.24, 2.45) is 0 Å². The molecule has 1 atom stereocenters. The number of benzene rings is 3. The minimum absolute atomic E-state index is 0.362. The quantitative estimate of drug-likeness (QED) is 0.540. The van der Waals surface area contributed by atoms with Gasteiger partial charge in [-0.25, -0.2) is 0 Å². The SMILES string of the molecule is Cc1ccc(C(C)NCCC(c2ccccc2)c2ccccc2)cc1C. The summed E-state index contributed by atoms with van der Waals surface area (Å²) >= 11 is 0. The maximum Gasteiger partial charge on any atom is 0.0291 e. The number of rotatable bonds is 7. The van der Waals surface area contributed by atoms with Crippen LogP contribution in [-0.2, 0) is 0 Å². The predicted octanol–water partition coefficient (Wildman–Crippen LogP) is 6.18. The van der Waals surface area contributed by atoms with Crippen LogP contribution in [0.3, 0.4) is 0 Å². The van der Waals surface area contributed by atoms with Crippen molar-refractivity contribution in [3.8, 4) is 0 Å². The Labute approximate surface area is 158 Å². The molecule has 1 nitrogen and oxygen atoms in total. The maximum absolute atomic E-state index is 3.72. The predicted molar refractivity (Wildman–Crippen MR) is 112 cm³/mol. The number of aryl methyl sites for hydroxylation is 2. The van der Waals surface area contributed by atoms with Gasteiger partial charge in [0, 0.05) is 12.0 Å². The third kappa shape index (κ3) is 4.62. The van der Waals surface area contributed by atoms with Crippen molar-refractivity contribution in [3.05, 3.63) is 107 Å². The molecule has 0 amide bonds. The van der Waals surface area contributed by atoms with Gasteiger partial charge in [-0.05, 0) is 61.6 Å². The van der Waals surface area contributed by atoms with E-state index in [2.05, 4.69) is 105 Å². The largest absolute Gasteiger partial charge is 0.310 e. The monoisotopic (exact) mass is 343 g/mol. The molecule has 0 aliphatic heterocycles. The van der Waals surface area contributed by atoms with Crippen LogP contribution in [-0.4, -0.2) is 6.54 Å². The molecular formula is C25H29N. The third-order valence-corrected chi connectivity index (χ3v) is 5.32. The van der Waals surface area contributed by atoms with Gasteiger partial charge in [0.1, 0.15) is 0 Å². The molecule has 0 aliphatic rings. The van der Waals surface area contributed by atoms with E-state index in [1.54, 1.807) is 0 Å². The van der Waals surface area contributed by atoms with Crippen LogP contribution < -0.4 is 5.32 Å². The van der Waals surface area contributed by atoms with Gasteiger partial charge < -0.3 is 5.32 Å². The highest BCUT2D eigenvalue weighted by atomic mass is 14.9. The summed E-state index contributed by atoms with van der Waals surface area (Å²) in [5.41, 5.74) is 6.86. The van der Waals surface area contributed by atoms with Gasteiger partial charge in [0.25, 0.3) is 0 Å². The highest BCUT2D eigenvalue weighted by Crippen LogP contribution is 2.27. The lowest BCUT2D eigenvalue weighted by molar-refractivity contribution is 0.540. The molecule has 1 unspecified atom stereocenters. The van der Waals surface area contributed by atoms with E-state index in [0.717, 1.165) is 13.0 Å². The molecule has 0 heterocycles. The highest BCUT2D eigenvalue weighted by molar-refractivity contribution is 5.33. The molecule has 0 spiro atoms. The van der Waals surface area contributed by atoms with E-state index in [1.165, 1.54) is 27.8 Å². The molecule has 1 heteroatoms. The number of nitrogens with one attached hydrogen (secondary N) is 1. The molecule has 0 saturated carbocycles. The van der Waals surface area contributed by atoms with E-state index in [4.69, 9.17) is 0 Å². The smallest absolute Gasteiger partial charge is 0.0291 e. The van der Waals surface area contributed by atoms with Crippen LogP contribution in [0.5, 0.6) is 0 Å². The summed E-state index contributed by atoms with van der Waals surface area (Å²) in [4.78, 5) is 0. The minimum atomic E-state index is 0.362. The molecule has 3 aromatic carbocycles. The van der Waals surface area contributed by atoms with E-state index in [9.17, 15) is 0 Å². The molecule has 3 aromatic rings.